The van der Waals surface area contributed by atoms with Gasteiger partial charge in [0.2, 0.25) is 0 Å². The zero-order chi connectivity index (χ0) is 9.10. The van der Waals surface area contributed by atoms with Gasteiger partial charge in [0.05, 0.1) is 6.20 Å². The molecule has 6 nitrogen and oxygen atoms in total. The maximum absolute atomic E-state index is 8.45. The molecular formula is C7H4N6. The van der Waals surface area contributed by atoms with Gasteiger partial charge in [-0.3, -0.25) is 4.98 Å². The molecule has 0 aliphatic rings. The Bertz CT molecular complexity index is 440. The van der Waals surface area contributed by atoms with Crippen LogP contribution in [0.5, 0.6) is 0 Å². The molecule has 2 rings (SSSR count). The van der Waals surface area contributed by atoms with Gasteiger partial charge in [0.1, 0.15) is 11.8 Å². The van der Waals surface area contributed by atoms with Crippen LogP contribution >= 0.6 is 0 Å². The summed E-state index contributed by atoms with van der Waals surface area (Å²) in [5, 5.41) is 19.4. The highest BCUT2D eigenvalue weighted by molar-refractivity contribution is 5.24. The number of nitriles is 1. The van der Waals surface area contributed by atoms with Gasteiger partial charge in [-0.25, -0.2) is 0 Å². The van der Waals surface area contributed by atoms with Crippen LogP contribution in [0.1, 0.15) is 5.82 Å². The van der Waals surface area contributed by atoms with Gasteiger partial charge in [0.25, 0.3) is 5.82 Å². The van der Waals surface area contributed by atoms with Crippen molar-refractivity contribution in [3.05, 3.63) is 30.4 Å². The molecule has 13 heavy (non-hydrogen) atoms. The number of aromatic nitrogens is 5. The van der Waals surface area contributed by atoms with Crippen LogP contribution in [0.15, 0.2) is 24.5 Å². The standard InChI is InChI=1S/C7H4N6/c8-4-7-10-12-13(11-7)6-2-1-3-9-5-6/h1-3,5H. The van der Waals surface area contributed by atoms with Crippen molar-refractivity contribution in [3.63, 3.8) is 0 Å². The molecule has 6 heteroatoms. The van der Waals surface area contributed by atoms with Gasteiger partial charge in [-0.2, -0.15) is 5.26 Å². The molecular weight excluding hydrogens is 168 g/mol. The first-order valence-electron chi connectivity index (χ1n) is 3.50. The van der Waals surface area contributed by atoms with Crippen LogP contribution in [-0.4, -0.2) is 25.2 Å². The Labute approximate surface area is 73.4 Å². The van der Waals surface area contributed by atoms with Crippen molar-refractivity contribution in [1.29, 1.82) is 5.26 Å². The molecule has 0 N–H and O–H groups in total. The highest BCUT2D eigenvalue weighted by Gasteiger charge is 2.01. The SMILES string of the molecule is N#Cc1nnn(-c2cccnc2)n1. The molecule has 0 unspecified atom stereocenters. The topological polar surface area (TPSA) is 80.3 Å². The van der Waals surface area contributed by atoms with Gasteiger partial charge < -0.3 is 0 Å². The van der Waals surface area contributed by atoms with Crippen LogP contribution in [0.3, 0.4) is 0 Å². The quantitative estimate of drug-likeness (QED) is 0.601. The highest BCUT2D eigenvalue weighted by atomic mass is 15.6. The minimum absolute atomic E-state index is 0.0452. The van der Waals surface area contributed by atoms with E-state index < -0.39 is 0 Å². The fraction of sp³-hybridized carbons (Fsp3) is 0. The van der Waals surface area contributed by atoms with Crippen LogP contribution in [-0.2, 0) is 0 Å². The van der Waals surface area contributed by atoms with E-state index >= 15 is 0 Å². The fourth-order valence-corrected chi connectivity index (χ4v) is 0.841. The summed E-state index contributed by atoms with van der Waals surface area (Å²) < 4.78 is 0. The molecule has 0 amide bonds. The molecule has 0 bridgehead atoms. The van der Waals surface area contributed by atoms with E-state index in [4.69, 9.17) is 5.26 Å². The Kier molecular flexibility index (Phi) is 1.69. The first kappa shape index (κ1) is 7.36. The second-order valence-corrected chi connectivity index (χ2v) is 2.23. The van der Waals surface area contributed by atoms with Gasteiger partial charge in [-0.1, -0.05) is 5.10 Å². The monoisotopic (exact) mass is 172 g/mol. The molecule has 0 aliphatic carbocycles. The van der Waals surface area contributed by atoms with Crippen molar-refractivity contribution in [2.75, 3.05) is 0 Å². The smallest absolute Gasteiger partial charge is 0.262 e. The second-order valence-electron chi connectivity index (χ2n) is 2.23. The van der Waals surface area contributed by atoms with Gasteiger partial charge in [-0.15, -0.1) is 9.90 Å². The first-order valence-corrected chi connectivity index (χ1v) is 3.50. The third-order valence-electron chi connectivity index (χ3n) is 1.39. The molecule has 2 aromatic heterocycles. The summed E-state index contributed by atoms with van der Waals surface area (Å²) in [6.07, 6.45) is 3.23. The van der Waals surface area contributed by atoms with Crippen molar-refractivity contribution >= 4 is 0 Å². The van der Waals surface area contributed by atoms with Gasteiger partial charge in [0.15, 0.2) is 0 Å². The van der Waals surface area contributed by atoms with Crippen molar-refractivity contribution in [2.24, 2.45) is 0 Å². The fourth-order valence-electron chi connectivity index (χ4n) is 0.841. The van der Waals surface area contributed by atoms with E-state index in [1.165, 1.54) is 4.80 Å². The summed E-state index contributed by atoms with van der Waals surface area (Å²) in [4.78, 5) is 5.14. The Morgan fingerprint density at radius 3 is 3.00 bits per heavy atom. The van der Waals surface area contributed by atoms with E-state index in [0.29, 0.717) is 5.69 Å². The molecule has 0 saturated heterocycles. The van der Waals surface area contributed by atoms with E-state index in [2.05, 4.69) is 20.4 Å². The van der Waals surface area contributed by atoms with Crippen LogP contribution in [0, 0.1) is 11.3 Å². The summed E-state index contributed by atoms with van der Waals surface area (Å²) in [5.74, 6) is 0.0452. The predicted octanol–water partition coefficient (Wildman–Crippen LogP) is -0.0710. The van der Waals surface area contributed by atoms with Crippen LogP contribution in [0.4, 0.5) is 0 Å². The third kappa shape index (κ3) is 1.35. The summed E-state index contributed by atoms with van der Waals surface area (Å²) in [6.45, 7) is 0. The van der Waals surface area contributed by atoms with Crippen LogP contribution in [0.2, 0.25) is 0 Å². The molecule has 0 aliphatic heterocycles. The minimum Gasteiger partial charge on any atom is -0.262 e. The number of nitrogens with zero attached hydrogens (tertiary/aromatic N) is 6. The minimum atomic E-state index is 0.0452. The van der Waals surface area contributed by atoms with Crippen molar-refractivity contribution in [1.82, 2.24) is 25.2 Å². The van der Waals surface area contributed by atoms with Crippen LogP contribution in [0.25, 0.3) is 5.69 Å². The summed E-state index contributed by atoms with van der Waals surface area (Å²) >= 11 is 0. The van der Waals surface area contributed by atoms with Crippen LogP contribution < -0.4 is 0 Å². The molecule has 0 radical (unpaired) electrons. The molecule has 2 aromatic rings. The average Bonchev–Trinajstić information content (AvgIpc) is 2.67. The number of hydrogen-bond donors (Lipinski definition) is 0. The maximum atomic E-state index is 8.45. The largest absolute Gasteiger partial charge is 0.274 e. The summed E-state index contributed by atoms with van der Waals surface area (Å²) in [5.41, 5.74) is 0.677. The molecule has 0 fully saturated rings. The molecule has 62 valence electrons. The molecule has 0 spiro atoms. The van der Waals surface area contributed by atoms with Crippen molar-refractivity contribution in [3.8, 4) is 11.8 Å². The summed E-state index contributed by atoms with van der Waals surface area (Å²) in [7, 11) is 0. The Balaban J connectivity index is 2.43. The first-order chi connectivity index (χ1) is 6.40. The van der Waals surface area contributed by atoms with Gasteiger partial charge in [-0.05, 0) is 17.3 Å². The molecule has 0 atom stereocenters. The van der Waals surface area contributed by atoms with E-state index in [-0.39, 0.29) is 5.82 Å². The Morgan fingerprint density at radius 2 is 2.38 bits per heavy atom. The lowest BCUT2D eigenvalue weighted by molar-refractivity contribution is 0.716. The average molecular weight is 172 g/mol. The number of rotatable bonds is 1. The van der Waals surface area contributed by atoms with E-state index in [9.17, 15) is 0 Å². The van der Waals surface area contributed by atoms with Crippen molar-refractivity contribution < 1.29 is 0 Å². The number of hydrogen-bond acceptors (Lipinski definition) is 5. The zero-order valence-electron chi connectivity index (χ0n) is 6.49. The normalized spacial score (nSPS) is 9.46. The Hall–Kier alpha value is -2.29. The zero-order valence-corrected chi connectivity index (χ0v) is 6.49. The molecule has 0 aromatic carbocycles. The van der Waals surface area contributed by atoms with E-state index in [1.54, 1.807) is 30.6 Å². The van der Waals surface area contributed by atoms with E-state index in [0.717, 1.165) is 0 Å². The van der Waals surface area contributed by atoms with Gasteiger partial charge in [0, 0.05) is 6.20 Å². The molecule has 0 saturated carbocycles. The van der Waals surface area contributed by atoms with E-state index in [1.807, 2.05) is 0 Å². The van der Waals surface area contributed by atoms with Crippen molar-refractivity contribution in [2.45, 2.75) is 0 Å². The Morgan fingerprint density at radius 1 is 1.46 bits per heavy atom. The number of tetrazole rings is 1. The lowest BCUT2D eigenvalue weighted by Gasteiger charge is -1.93. The van der Waals surface area contributed by atoms with Gasteiger partial charge >= 0.3 is 0 Å². The molecule has 2 heterocycles. The third-order valence-corrected chi connectivity index (χ3v) is 1.39. The maximum Gasteiger partial charge on any atom is 0.274 e. The lowest BCUT2D eigenvalue weighted by atomic mass is 10.4. The summed E-state index contributed by atoms with van der Waals surface area (Å²) in [6, 6.07) is 5.32. The number of pyridine rings is 1. The lowest BCUT2D eigenvalue weighted by Crippen LogP contribution is -1.98. The second kappa shape index (κ2) is 2.98. The predicted molar refractivity (Wildman–Crippen MR) is 41.7 cm³/mol. The highest BCUT2D eigenvalue weighted by Crippen LogP contribution is 1.99.